The first-order chi connectivity index (χ1) is 19.1. The van der Waals surface area contributed by atoms with Crippen LogP contribution in [0.3, 0.4) is 0 Å². The van der Waals surface area contributed by atoms with Crippen molar-refractivity contribution in [3.63, 3.8) is 0 Å². The molecule has 0 atom stereocenters. The maximum Gasteiger partial charge on any atom is 0.269 e. The number of halogens is 1. The highest BCUT2D eigenvalue weighted by Gasteiger charge is 2.27. The first-order valence-electron chi connectivity index (χ1n) is 12.4. The molecule has 2 aromatic heterocycles. The van der Waals surface area contributed by atoms with Crippen molar-refractivity contribution >= 4 is 27.5 Å². The molecule has 0 spiro atoms. The Labute approximate surface area is 237 Å². The van der Waals surface area contributed by atoms with Crippen molar-refractivity contribution in [2.45, 2.75) is 32.3 Å². The van der Waals surface area contributed by atoms with Crippen LogP contribution in [0.25, 0.3) is 16.9 Å². The van der Waals surface area contributed by atoms with Gasteiger partial charge in [0.25, 0.3) is 15.9 Å². The van der Waals surface area contributed by atoms with Gasteiger partial charge in [-0.2, -0.15) is 0 Å². The lowest BCUT2D eigenvalue weighted by Crippen LogP contribution is -2.31. The van der Waals surface area contributed by atoms with Gasteiger partial charge in [0, 0.05) is 27.5 Å². The second-order valence-corrected chi connectivity index (χ2v) is 11.3. The summed E-state index contributed by atoms with van der Waals surface area (Å²) in [5.41, 5.74) is 4.66. The number of hydrogen-bond donors (Lipinski definition) is 1. The molecule has 8 nitrogen and oxygen atoms in total. The molecular weight excluding hydrogens is 550 g/mol. The number of carbonyl (C=O) groups excluding carboxylic acids is 1. The Hall–Kier alpha value is -4.34. The monoisotopic (exact) mass is 575 g/mol. The topological polar surface area (TPSA) is 103 Å². The van der Waals surface area contributed by atoms with Gasteiger partial charge >= 0.3 is 0 Å². The van der Waals surface area contributed by atoms with Gasteiger partial charge in [0.1, 0.15) is 18.1 Å². The molecule has 0 aliphatic rings. The summed E-state index contributed by atoms with van der Waals surface area (Å²) >= 11 is 6.01. The number of aromatic nitrogens is 2. The molecule has 10 heteroatoms. The number of aryl methyl sites for hydroxylation is 3. The number of amides is 1. The zero-order valence-electron chi connectivity index (χ0n) is 22.0. The van der Waals surface area contributed by atoms with Crippen LogP contribution in [0.4, 0.5) is 0 Å². The second-order valence-electron chi connectivity index (χ2n) is 9.24. The van der Waals surface area contributed by atoms with Crippen LogP contribution >= 0.6 is 11.6 Å². The Morgan fingerprint density at radius 2 is 1.73 bits per heavy atom. The zero-order chi connectivity index (χ0) is 28.4. The maximum atomic E-state index is 13.1. The van der Waals surface area contributed by atoms with Gasteiger partial charge in [-0.15, -0.1) is 0 Å². The quantitative estimate of drug-likeness (QED) is 0.229. The highest BCUT2D eigenvalue weighted by molar-refractivity contribution is 7.90. The van der Waals surface area contributed by atoms with E-state index in [4.69, 9.17) is 20.9 Å². The third kappa shape index (κ3) is 5.52. The van der Waals surface area contributed by atoms with Crippen LogP contribution in [-0.4, -0.2) is 24.0 Å². The second kappa shape index (κ2) is 11.0. The minimum atomic E-state index is -4.18. The number of benzene rings is 3. The minimum absolute atomic E-state index is 0.108. The number of carbonyl (C=O) groups is 1. The molecule has 204 valence electrons. The molecule has 0 aliphatic carbocycles. The van der Waals surface area contributed by atoms with Crippen molar-refractivity contribution in [3.05, 3.63) is 118 Å². The molecule has 5 aromatic rings. The molecule has 0 unspecified atom stereocenters. The normalized spacial score (nSPS) is 11.4. The van der Waals surface area contributed by atoms with Crippen LogP contribution in [0.5, 0.6) is 5.75 Å². The molecule has 0 radical (unpaired) electrons. The largest absolute Gasteiger partial charge is 0.488 e. The molecule has 40 heavy (non-hydrogen) atoms. The highest BCUT2D eigenvalue weighted by Crippen LogP contribution is 2.34. The molecule has 0 bridgehead atoms. The maximum absolute atomic E-state index is 13.1. The van der Waals surface area contributed by atoms with Gasteiger partial charge in [0.15, 0.2) is 10.7 Å². The average Bonchev–Trinajstić information content (AvgIpc) is 3.49. The van der Waals surface area contributed by atoms with E-state index >= 15 is 0 Å². The Morgan fingerprint density at radius 1 is 0.975 bits per heavy atom. The van der Waals surface area contributed by atoms with Gasteiger partial charge in [-0.1, -0.05) is 47.1 Å². The zero-order valence-corrected chi connectivity index (χ0v) is 23.6. The van der Waals surface area contributed by atoms with Crippen LogP contribution < -0.4 is 9.46 Å². The Bertz CT molecular complexity index is 1790. The smallest absolute Gasteiger partial charge is 0.269 e. The van der Waals surface area contributed by atoms with Gasteiger partial charge in [-0.3, -0.25) is 4.79 Å². The molecule has 3 aromatic carbocycles. The van der Waals surface area contributed by atoms with E-state index in [0.717, 1.165) is 22.5 Å². The predicted octanol–water partition coefficient (Wildman–Crippen LogP) is 6.41. The number of ether oxygens (including phenoxy) is 1. The Morgan fingerprint density at radius 3 is 2.45 bits per heavy atom. The standard InChI is InChI=1S/C30H26ClN3O5S/c1-19-11-16-27(26-9-4-5-10-28(26)38-18-22-12-14-24(31)15-13-22)34(19)25-8-6-7-23(17-25)30(35)33-40(36,37)29-20(2)32-39-21(29)3/h4-17H,18H2,1-3H3,(H,33,35). The lowest BCUT2D eigenvalue weighted by atomic mass is 10.1. The van der Waals surface area contributed by atoms with Gasteiger partial charge in [-0.25, -0.2) is 13.1 Å². The van der Waals surface area contributed by atoms with Gasteiger partial charge in [0.05, 0.1) is 5.69 Å². The van der Waals surface area contributed by atoms with Crippen LogP contribution in [0.1, 0.15) is 33.1 Å². The molecule has 5 rings (SSSR count). The number of hydrogen-bond acceptors (Lipinski definition) is 6. The van der Waals surface area contributed by atoms with E-state index in [1.165, 1.54) is 13.8 Å². The van der Waals surface area contributed by atoms with Crippen molar-refractivity contribution < 1.29 is 22.5 Å². The third-order valence-electron chi connectivity index (χ3n) is 6.38. The van der Waals surface area contributed by atoms with E-state index < -0.39 is 15.9 Å². The Kier molecular flexibility index (Phi) is 7.51. The molecule has 0 fully saturated rings. The fourth-order valence-electron chi connectivity index (χ4n) is 4.51. The van der Waals surface area contributed by atoms with E-state index in [1.54, 1.807) is 18.2 Å². The fourth-order valence-corrected chi connectivity index (χ4v) is 5.95. The van der Waals surface area contributed by atoms with Crippen molar-refractivity contribution in [3.8, 4) is 22.7 Å². The van der Waals surface area contributed by atoms with E-state index in [0.29, 0.717) is 23.1 Å². The number of para-hydroxylation sites is 1. The molecule has 0 aliphatic heterocycles. The third-order valence-corrected chi connectivity index (χ3v) is 8.20. The number of sulfonamides is 1. The van der Waals surface area contributed by atoms with E-state index in [-0.39, 0.29) is 21.9 Å². The van der Waals surface area contributed by atoms with Crippen molar-refractivity contribution in [1.82, 2.24) is 14.4 Å². The van der Waals surface area contributed by atoms with Crippen molar-refractivity contribution in [1.29, 1.82) is 0 Å². The summed E-state index contributed by atoms with van der Waals surface area (Å²) < 4.78 is 41.0. The van der Waals surface area contributed by atoms with E-state index in [9.17, 15) is 13.2 Å². The number of rotatable bonds is 8. The summed E-state index contributed by atoms with van der Waals surface area (Å²) in [6.07, 6.45) is 0. The summed E-state index contributed by atoms with van der Waals surface area (Å²) in [5.74, 6) is 0.0345. The lowest BCUT2D eigenvalue weighted by Gasteiger charge is -2.16. The van der Waals surface area contributed by atoms with Crippen LogP contribution in [0.15, 0.2) is 94.3 Å². The minimum Gasteiger partial charge on any atom is -0.488 e. The molecule has 2 heterocycles. The summed E-state index contributed by atoms with van der Waals surface area (Å²) in [6, 6.07) is 25.9. The lowest BCUT2D eigenvalue weighted by molar-refractivity contribution is 0.0981. The Balaban J connectivity index is 1.45. The molecule has 0 saturated carbocycles. The highest BCUT2D eigenvalue weighted by atomic mass is 35.5. The van der Waals surface area contributed by atoms with E-state index in [1.807, 2.05) is 78.2 Å². The van der Waals surface area contributed by atoms with Gasteiger partial charge in [0.2, 0.25) is 0 Å². The summed E-state index contributed by atoms with van der Waals surface area (Å²) in [6.45, 7) is 5.30. The van der Waals surface area contributed by atoms with Gasteiger partial charge in [-0.05, 0) is 80.9 Å². The first kappa shape index (κ1) is 27.2. The average molecular weight is 576 g/mol. The van der Waals surface area contributed by atoms with Crippen LogP contribution in [0.2, 0.25) is 5.02 Å². The van der Waals surface area contributed by atoms with Crippen LogP contribution in [-0.2, 0) is 16.6 Å². The molecule has 1 amide bonds. The predicted molar refractivity (Wildman–Crippen MR) is 152 cm³/mol. The van der Waals surface area contributed by atoms with Crippen molar-refractivity contribution in [2.24, 2.45) is 0 Å². The van der Waals surface area contributed by atoms with Crippen molar-refractivity contribution in [2.75, 3.05) is 0 Å². The fraction of sp³-hybridized carbons (Fsp3) is 0.133. The summed E-state index contributed by atoms with van der Waals surface area (Å²) in [7, 11) is -4.18. The SMILES string of the molecule is Cc1noc(C)c1S(=O)(=O)NC(=O)c1cccc(-n2c(C)ccc2-c2ccccc2OCc2ccc(Cl)cc2)c1. The molecule has 0 saturated heterocycles. The van der Waals surface area contributed by atoms with Crippen LogP contribution in [0, 0.1) is 20.8 Å². The van der Waals surface area contributed by atoms with E-state index in [2.05, 4.69) is 9.88 Å². The summed E-state index contributed by atoms with van der Waals surface area (Å²) in [5, 5.41) is 4.34. The summed E-state index contributed by atoms with van der Waals surface area (Å²) in [4.78, 5) is 12.9. The molecule has 1 N–H and O–H groups in total. The number of nitrogens with zero attached hydrogens (tertiary/aromatic N) is 2. The van der Waals surface area contributed by atoms with Gasteiger partial charge < -0.3 is 13.8 Å². The first-order valence-corrected chi connectivity index (χ1v) is 14.3. The number of nitrogens with one attached hydrogen (secondary N) is 1. The molecular formula is C30H26ClN3O5S.